The van der Waals surface area contributed by atoms with Gasteiger partial charge in [0.05, 0.1) is 25.2 Å². The Morgan fingerprint density at radius 2 is 1.34 bits per heavy atom. The number of hydrogen-bond acceptors (Lipinski definition) is 6. The number of benzene rings is 2. The number of carbonyl (C=O) groups is 2. The fraction of sp³-hybridized carbons (Fsp3) is 0.650. The van der Waals surface area contributed by atoms with E-state index in [0.29, 0.717) is 12.8 Å². The van der Waals surface area contributed by atoms with Gasteiger partial charge in [-0.15, -0.1) is 0 Å². The first-order valence-electron chi connectivity index (χ1n) is 18.7. The van der Waals surface area contributed by atoms with Crippen LogP contribution in [-0.4, -0.2) is 93.1 Å². The molecule has 0 radical (unpaired) electrons. The van der Waals surface area contributed by atoms with E-state index in [1.165, 1.54) is 57.8 Å². The molecule has 0 aliphatic carbocycles. The van der Waals surface area contributed by atoms with Crippen LogP contribution in [0.25, 0.3) is 0 Å². The van der Waals surface area contributed by atoms with E-state index in [2.05, 4.69) is 72.4 Å². The van der Waals surface area contributed by atoms with E-state index in [9.17, 15) is 9.59 Å². The SMILES string of the molecule is CCCCCCCCCCCCN(C)C(CC)(Cc1ccc(CC(=O)N2CCNCC2)cc1)C(=O)c1ccc(N2CCOCC2)cc1. The molecule has 1 N–H and O–H groups in total. The van der Waals surface area contributed by atoms with Gasteiger partial charge in [-0.1, -0.05) is 95.9 Å². The quantitative estimate of drug-likeness (QED) is 0.124. The second-order valence-electron chi connectivity index (χ2n) is 13.8. The largest absolute Gasteiger partial charge is 0.378 e. The number of nitrogens with one attached hydrogen (secondary N) is 1. The molecule has 0 saturated carbocycles. The highest BCUT2D eigenvalue weighted by molar-refractivity contribution is 6.03. The predicted octanol–water partition coefficient (Wildman–Crippen LogP) is 6.92. The van der Waals surface area contributed by atoms with E-state index in [1.807, 2.05) is 17.0 Å². The topological polar surface area (TPSA) is 65.1 Å². The molecule has 2 heterocycles. The fourth-order valence-electron chi connectivity index (χ4n) is 7.22. The maximum atomic E-state index is 14.6. The molecule has 2 aliphatic rings. The van der Waals surface area contributed by atoms with Crippen LogP contribution in [0.2, 0.25) is 0 Å². The zero-order chi connectivity index (χ0) is 33.3. The van der Waals surface area contributed by atoms with Crippen LogP contribution < -0.4 is 10.2 Å². The third kappa shape index (κ3) is 11.2. The van der Waals surface area contributed by atoms with Crippen LogP contribution in [0.1, 0.15) is 106 Å². The minimum atomic E-state index is -0.641. The average molecular weight is 647 g/mol. The number of ketones is 1. The Labute approximate surface area is 285 Å². The number of likely N-dealkylation sites (N-methyl/N-ethyl adjacent to an activating group) is 1. The molecule has 4 rings (SSSR count). The van der Waals surface area contributed by atoms with E-state index in [-0.39, 0.29) is 11.7 Å². The van der Waals surface area contributed by atoms with Gasteiger partial charge in [-0.05, 0) is 68.2 Å². The van der Waals surface area contributed by atoms with Gasteiger partial charge in [-0.25, -0.2) is 0 Å². The Hall–Kier alpha value is -2.74. The number of nitrogens with zero attached hydrogens (tertiary/aromatic N) is 3. The van der Waals surface area contributed by atoms with Crippen molar-refractivity contribution < 1.29 is 14.3 Å². The van der Waals surface area contributed by atoms with Crippen LogP contribution in [0.15, 0.2) is 48.5 Å². The van der Waals surface area contributed by atoms with Gasteiger partial charge in [0.25, 0.3) is 0 Å². The van der Waals surface area contributed by atoms with Crippen LogP contribution >= 0.6 is 0 Å². The highest BCUT2D eigenvalue weighted by atomic mass is 16.5. The Morgan fingerprint density at radius 3 is 1.94 bits per heavy atom. The molecule has 2 saturated heterocycles. The van der Waals surface area contributed by atoms with Crippen LogP contribution in [0.3, 0.4) is 0 Å². The average Bonchev–Trinajstić information content (AvgIpc) is 3.12. The molecule has 0 aromatic heterocycles. The maximum absolute atomic E-state index is 14.6. The smallest absolute Gasteiger partial charge is 0.227 e. The normalized spacial score (nSPS) is 16.8. The first-order valence-corrected chi connectivity index (χ1v) is 18.7. The van der Waals surface area contributed by atoms with Crippen molar-refractivity contribution in [3.8, 4) is 0 Å². The molecule has 47 heavy (non-hydrogen) atoms. The van der Waals surface area contributed by atoms with Gasteiger partial charge in [0, 0.05) is 50.5 Å². The highest BCUT2D eigenvalue weighted by Gasteiger charge is 2.41. The van der Waals surface area contributed by atoms with Crippen molar-refractivity contribution in [3.63, 3.8) is 0 Å². The van der Waals surface area contributed by atoms with Crippen LogP contribution in [0.5, 0.6) is 0 Å². The molecule has 2 aromatic rings. The molecule has 7 nitrogen and oxygen atoms in total. The number of piperazine rings is 1. The molecule has 2 aliphatic heterocycles. The van der Waals surface area contributed by atoms with E-state index in [0.717, 1.165) is 94.2 Å². The molecule has 1 unspecified atom stereocenters. The molecule has 1 atom stereocenters. The lowest BCUT2D eigenvalue weighted by molar-refractivity contribution is -0.131. The van der Waals surface area contributed by atoms with Crippen molar-refractivity contribution in [1.82, 2.24) is 15.1 Å². The van der Waals surface area contributed by atoms with Crippen LogP contribution in [0.4, 0.5) is 5.69 Å². The van der Waals surface area contributed by atoms with Gasteiger partial charge in [-0.3, -0.25) is 14.5 Å². The van der Waals surface area contributed by atoms with Crippen molar-refractivity contribution in [2.45, 2.75) is 103 Å². The number of carbonyl (C=O) groups excluding carboxylic acids is 2. The van der Waals surface area contributed by atoms with Gasteiger partial charge < -0.3 is 19.9 Å². The molecule has 2 fully saturated rings. The molecule has 7 heteroatoms. The minimum Gasteiger partial charge on any atom is -0.378 e. The summed E-state index contributed by atoms with van der Waals surface area (Å²) in [4.78, 5) is 34.1. The third-order valence-electron chi connectivity index (χ3n) is 10.4. The predicted molar refractivity (Wildman–Crippen MR) is 195 cm³/mol. The Morgan fingerprint density at radius 1 is 0.766 bits per heavy atom. The third-order valence-corrected chi connectivity index (χ3v) is 10.4. The summed E-state index contributed by atoms with van der Waals surface area (Å²) in [6.45, 7) is 11.9. The minimum absolute atomic E-state index is 0.189. The van der Waals surface area contributed by atoms with E-state index < -0.39 is 5.54 Å². The number of hydrogen-bond donors (Lipinski definition) is 1. The maximum Gasteiger partial charge on any atom is 0.227 e. The summed E-state index contributed by atoms with van der Waals surface area (Å²) < 4.78 is 5.53. The van der Waals surface area contributed by atoms with Crippen molar-refractivity contribution in [3.05, 3.63) is 65.2 Å². The summed E-state index contributed by atoms with van der Waals surface area (Å²) in [6, 6.07) is 16.7. The molecule has 1 amide bonds. The molecule has 2 aromatic carbocycles. The van der Waals surface area contributed by atoms with Crippen molar-refractivity contribution in [1.29, 1.82) is 0 Å². The number of amides is 1. The second-order valence-corrected chi connectivity index (χ2v) is 13.8. The number of ether oxygens (including phenoxy) is 1. The second kappa shape index (κ2) is 19.9. The summed E-state index contributed by atoms with van der Waals surface area (Å²) in [7, 11) is 2.15. The zero-order valence-electron chi connectivity index (χ0n) is 29.7. The van der Waals surface area contributed by atoms with Gasteiger partial charge in [0.1, 0.15) is 0 Å². The summed E-state index contributed by atoms with van der Waals surface area (Å²) in [5.74, 6) is 0.384. The van der Waals surface area contributed by atoms with E-state index in [1.54, 1.807) is 0 Å². The van der Waals surface area contributed by atoms with E-state index in [4.69, 9.17) is 4.74 Å². The van der Waals surface area contributed by atoms with Crippen LogP contribution in [0, 0.1) is 0 Å². The number of unbranched alkanes of at least 4 members (excludes halogenated alkanes) is 9. The van der Waals surface area contributed by atoms with Gasteiger partial charge >= 0.3 is 0 Å². The number of morpholine rings is 1. The van der Waals surface area contributed by atoms with E-state index >= 15 is 0 Å². The summed E-state index contributed by atoms with van der Waals surface area (Å²) >= 11 is 0. The Bertz CT molecular complexity index is 1190. The fourth-order valence-corrected chi connectivity index (χ4v) is 7.22. The zero-order valence-corrected chi connectivity index (χ0v) is 29.7. The summed E-state index contributed by atoms with van der Waals surface area (Å²) in [6.07, 6.45) is 14.8. The van der Waals surface area contributed by atoms with Gasteiger partial charge in [0.2, 0.25) is 5.91 Å². The number of anilines is 1. The summed E-state index contributed by atoms with van der Waals surface area (Å²) in [5.41, 5.74) is 3.45. The van der Waals surface area contributed by atoms with Crippen molar-refractivity contribution >= 4 is 17.4 Å². The lowest BCUT2D eigenvalue weighted by atomic mass is 9.79. The van der Waals surface area contributed by atoms with Crippen LogP contribution in [-0.2, 0) is 22.4 Å². The molecule has 0 bridgehead atoms. The van der Waals surface area contributed by atoms with Gasteiger partial charge in [-0.2, -0.15) is 0 Å². The lowest BCUT2D eigenvalue weighted by Crippen LogP contribution is -2.54. The monoisotopic (exact) mass is 646 g/mol. The van der Waals surface area contributed by atoms with Gasteiger partial charge in [0.15, 0.2) is 5.78 Å². The summed E-state index contributed by atoms with van der Waals surface area (Å²) in [5, 5.41) is 3.32. The standard InChI is InChI=1S/C40H62N4O3/c1-4-6-7-8-9-10-11-12-13-14-25-42(3)40(5-2,39(46)36-19-21-37(22-20-36)43-28-30-47-31-29-43)33-35-17-15-34(16-18-35)32-38(45)44-26-23-41-24-27-44/h15-22,41H,4-14,23-33H2,1-3H3. The Kier molecular flexibility index (Phi) is 15.7. The highest BCUT2D eigenvalue weighted by Crippen LogP contribution is 2.31. The molecule has 260 valence electrons. The number of Topliss-reactive ketones (excluding diaryl/α,β-unsaturated/α-hetero) is 1. The number of rotatable bonds is 20. The molecule has 0 spiro atoms. The first kappa shape index (κ1) is 37.1. The molecular weight excluding hydrogens is 584 g/mol. The molecular formula is C40H62N4O3. The van der Waals surface area contributed by atoms with Crippen molar-refractivity contribution in [2.75, 3.05) is 71.0 Å². The lowest BCUT2D eigenvalue weighted by Gasteiger charge is -2.41. The first-order chi connectivity index (χ1) is 23.0. The Balaban J connectivity index is 1.42. The van der Waals surface area contributed by atoms with Crippen molar-refractivity contribution in [2.24, 2.45) is 0 Å².